The van der Waals surface area contributed by atoms with Gasteiger partial charge in [0.2, 0.25) is 0 Å². The Morgan fingerprint density at radius 2 is 2.24 bits per heavy atom. The third-order valence-electron chi connectivity index (χ3n) is 4.36. The van der Waals surface area contributed by atoms with Crippen molar-refractivity contribution in [2.24, 2.45) is 5.92 Å². The van der Waals surface area contributed by atoms with E-state index in [1.54, 1.807) is 6.07 Å². The Morgan fingerprint density at radius 3 is 2.92 bits per heavy atom. The van der Waals surface area contributed by atoms with Gasteiger partial charge in [0.1, 0.15) is 18.0 Å². The quantitative estimate of drug-likeness (QED) is 0.880. The Bertz CT molecular complexity index is 891. The van der Waals surface area contributed by atoms with Gasteiger partial charge in [0.15, 0.2) is 5.75 Å². The molecule has 0 bridgehead atoms. The van der Waals surface area contributed by atoms with Crippen LogP contribution in [-0.4, -0.2) is 24.2 Å². The largest absolute Gasteiger partial charge is 0.488 e. The molecule has 0 radical (unpaired) electrons. The van der Waals surface area contributed by atoms with E-state index in [-0.39, 0.29) is 33.9 Å². The molecule has 1 aliphatic heterocycles. The van der Waals surface area contributed by atoms with Crippen molar-refractivity contribution in [3.8, 4) is 22.9 Å². The molecule has 0 saturated carbocycles. The lowest BCUT2D eigenvalue weighted by atomic mass is 9.97. The molecule has 2 atom stereocenters. The van der Waals surface area contributed by atoms with Gasteiger partial charge in [0.25, 0.3) is 5.56 Å². The predicted molar refractivity (Wildman–Crippen MR) is 93.2 cm³/mol. The molecule has 0 spiro atoms. The number of benzene rings is 1. The molecule has 1 saturated heterocycles. The molecule has 1 fully saturated rings. The highest BCUT2D eigenvalue weighted by atomic mass is 35.5. The maximum absolute atomic E-state index is 14.0. The number of nitrogens with one attached hydrogen (secondary N) is 2. The van der Waals surface area contributed by atoms with Crippen molar-refractivity contribution in [3.05, 3.63) is 51.2 Å². The summed E-state index contributed by atoms with van der Waals surface area (Å²) in [5.74, 6) is -0.205. The summed E-state index contributed by atoms with van der Waals surface area (Å²) in [4.78, 5) is 14.9. The van der Waals surface area contributed by atoms with Crippen LogP contribution in [0.4, 0.5) is 4.39 Å². The van der Waals surface area contributed by atoms with Crippen LogP contribution in [0.3, 0.4) is 0 Å². The van der Waals surface area contributed by atoms with Crippen LogP contribution < -0.4 is 15.6 Å². The molecule has 1 aliphatic rings. The number of nitrogens with zero attached hydrogens (tertiary/aromatic N) is 1. The number of pyridine rings is 1. The van der Waals surface area contributed by atoms with Gasteiger partial charge in [0, 0.05) is 18.7 Å². The highest BCUT2D eigenvalue weighted by Crippen LogP contribution is 2.35. The normalized spacial score (nSPS) is 20.1. The number of nitriles is 1. The summed E-state index contributed by atoms with van der Waals surface area (Å²) in [5.41, 5.74) is -0.0276. The monoisotopic (exact) mass is 361 g/mol. The lowest BCUT2D eigenvalue weighted by Gasteiger charge is -2.30. The van der Waals surface area contributed by atoms with Crippen LogP contribution in [0.5, 0.6) is 5.75 Å². The first-order valence-corrected chi connectivity index (χ1v) is 8.37. The van der Waals surface area contributed by atoms with Gasteiger partial charge in [-0.1, -0.05) is 24.6 Å². The first-order chi connectivity index (χ1) is 12.0. The second-order valence-corrected chi connectivity index (χ2v) is 6.51. The number of rotatable bonds is 3. The van der Waals surface area contributed by atoms with Gasteiger partial charge < -0.3 is 15.0 Å². The van der Waals surface area contributed by atoms with Gasteiger partial charge in [-0.25, -0.2) is 4.39 Å². The summed E-state index contributed by atoms with van der Waals surface area (Å²) >= 11 is 6.26. The average molecular weight is 362 g/mol. The number of aromatic amines is 1. The van der Waals surface area contributed by atoms with Crippen molar-refractivity contribution in [2.75, 3.05) is 13.1 Å². The lowest BCUT2D eigenvalue weighted by molar-refractivity contribution is 0.112. The molecule has 2 unspecified atom stereocenters. The summed E-state index contributed by atoms with van der Waals surface area (Å²) in [6.45, 7) is 3.68. The summed E-state index contributed by atoms with van der Waals surface area (Å²) in [6, 6.07) is 5.76. The Balaban J connectivity index is 2.07. The molecule has 130 valence electrons. The number of ether oxygens (including phenoxy) is 1. The molecule has 0 amide bonds. The second kappa shape index (κ2) is 7.26. The fraction of sp³-hybridized carbons (Fsp3) is 0.333. The van der Waals surface area contributed by atoms with Crippen molar-refractivity contribution < 1.29 is 9.13 Å². The predicted octanol–water partition coefficient (Wildman–Crippen LogP) is 3.08. The minimum absolute atomic E-state index is 0.0864. The lowest BCUT2D eigenvalue weighted by Crippen LogP contribution is -2.41. The Hall–Kier alpha value is -2.36. The van der Waals surface area contributed by atoms with Gasteiger partial charge in [-0.2, -0.15) is 5.26 Å². The zero-order chi connectivity index (χ0) is 18.0. The molecule has 1 aromatic carbocycles. The molecule has 7 heteroatoms. The van der Waals surface area contributed by atoms with Crippen molar-refractivity contribution in [1.29, 1.82) is 5.26 Å². The van der Waals surface area contributed by atoms with Crippen molar-refractivity contribution in [2.45, 2.75) is 19.4 Å². The molecule has 5 nitrogen and oxygen atoms in total. The smallest absolute Gasteiger partial charge is 0.259 e. The summed E-state index contributed by atoms with van der Waals surface area (Å²) in [6.07, 6.45) is 2.06. The number of hydrogen-bond acceptors (Lipinski definition) is 4. The first kappa shape index (κ1) is 17.5. The molecule has 3 rings (SSSR count). The van der Waals surface area contributed by atoms with E-state index in [2.05, 4.69) is 17.2 Å². The molecular formula is C18H17ClFN3O2. The van der Waals surface area contributed by atoms with Crippen LogP contribution in [0.25, 0.3) is 11.1 Å². The van der Waals surface area contributed by atoms with E-state index in [1.165, 1.54) is 18.3 Å². The van der Waals surface area contributed by atoms with E-state index in [0.29, 0.717) is 5.56 Å². The maximum Gasteiger partial charge on any atom is 0.259 e. The van der Waals surface area contributed by atoms with Gasteiger partial charge in [0.05, 0.1) is 16.1 Å². The summed E-state index contributed by atoms with van der Waals surface area (Å²) in [7, 11) is 0. The molecule has 25 heavy (non-hydrogen) atoms. The number of halogens is 2. The third kappa shape index (κ3) is 3.53. The Kier molecular flexibility index (Phi) is 5.07. The standard InChI is InChI=1S/C18H17ClFN3O2/c1-10-8-22-5-4-15(10)25-17-13(19)9-23-18(24)16(17)11-2-3-12(7-21)14(20)6-11/h2-3,6,9-10,15,22H,4-5,8H2,1H3,(H,23,24). The number of piperidine rings is 1. The van der Waals surface area contributed by atoms with Gasteiger partial charge >= 0.3 is 0 Å². The van der Waals surface area contributed by atoms with E-state index in [9.17, 15) is 9.18 Å². The molecule has 2 N–H and O–H groups in total. The zero-order valence-corrected chi connectivity index (χ0v) is 14.4. The van der Waals surface area contributed by atoms with Crippen LogP contribution >= 0.6 is 11.6 Å². The second-order valence-electron chi connectivity index (χ2n) is 6.10. The first-order valence-electron chi connectivity index (χ1n) is 8.00. The third-order valence-corrected chi connectivity index (χ3v) is 4.64. The van der Waals surface area contributed by atoms with Crippen LogP contribution in [0.1, 0.15) is 18.9 Å². The molecule has 2 heterocycles. The zero-order valence-electron chi connectivity index (χ0n) is 13.6. The molecule has 2 aromatic rings. The van der Waals surface area contributed by atoms with Crippen LogP contribution in [0, 0.1) is 23.1 Å². The van der Waals surface area contributed by atoms with Gasteiger partial charge in [-0.15, -0.1) is 0 Å². The van der Waals surface area contributed by atoms with Gasteiger partial charge in [-0.05, 0) is 30.7 Å². The van der Waals surface area contributed by atoms with Crippen molar-refractivity contribution in [1.82, 2.24) is 10.3 Å². The van der Waals surface area contributed by atoms with E-state index < -0.39 is 11.4 Å². The molecule has 0 aliphatic carbocycles. The van der Waals surface area contributed by atoms with Crippen LogP contribution in [0.2, 0.25) is 5.02 Å². The topological polar surface area (TPSA) is 77.9 Å². The number of hydrogen-bond donors (Lipinski definition) is 2. The van der Waals surface area contributed by atoms with Crippen molar-refractivity contribution in [3.63, 3.8) is 0 Å². The average Bonchev–Trinajstić information content (AvgIpc) is 2.60. The summed E-state index contributed by atoms with van der Waals surface area (Å²) in [5, 5.41) is 12.4. The number of aromatic nitrogens is 1. The Morgan fingerprint density at radius 1 is 1.44 bits per heavy atom. The fourth-order valence-electron chi connectivity index (χ4n) is 2.94. The molecule has 1 aromatic heterocycles. The van der Waals surface area contributed by atoms with E-state index in [0.717, 1.165) is 25.6 Å². The number of H-pyrrole nitrogens is 1. The minimum Gasteiger partial charge on any atom is -0.488 e. The van der Waals surface area contributed by atoms with E-state index in [4.69, 9.17) is 21.6 Å². The minimum atomic E-state index is -0.694. The maximum atomic E-state index is 14.0. The summed E-state index contributed by atoms with van der Waals surface area (Å²) < 4.78 is 20.1. The van der Waals surface area contributed by atoms with Gasteiger partial charge in [-0.3, -0.25) is 4.79 Å². The van der Waals surface area contributed by atoms with E-state index >= 15 is 0 Å². The van der Waals surface area contributed by atoms with Crippen LogP contribution in [-0.2, 0) is 0 Å². The Labute approximate surface area is 149 Å². The SMILES string of the molecule is CC1CNCCC1Oc1c(Cl)c[nH]c(=O)c1-c1ccc(C#N)c(F)c1. The fourth-order valence-corrected chi connectivity index (χ4v) is 3.14. The van der Waals surface area contributed by atoms with Crippen LogP contribution in [0.15, 0.2) is 29.2 Å². The molecular weight excluding hydrogens is 345 g/mol. The highest BCUT2D eigenvalue weighted by molar-refractivity contribution is 6.32. The van der Waals surface area contributed by atoms with Crippen molar-refractivity contribution >= 4 is 11.6 Å². The van der Waals surface area contributed by atoms with E-state index in [1.807, 2.05) is 0 Å². The highest BCUT2D eigenvalue weighted by Gasteiger charge is 2.26.